The van der Waals surface area contributed by atoms with Gasteiger partial charge >= 0.3 is 5.97 Å². The summed E-state index contributed by atoms with van der Waals surface area (Å²) < 4.78 is 10.1. The van der Waals surface area contributed by atoms with E-state index in [4.69, 9.17) is 9.47 Å². The highest BCUT2D eigenvalue weighted by Gasteiger charge is 2.23. The molecule has 0 aliphatic rings. The molecule has 0 spiro atoms. The monoisotopic (exact) mass is 346 g/mol. The van der Waals surface area contributed by atoms with Crippen molar-refractivity contribution >= 4 is 23.5 Å². The fraction of sp³-hybridized carbons (Fsp3) is 0.222. The molecule has 1 N–H and O–H groups in total. The van der Waals surface area contributed by atoms with Crippen LogP contribution in [-0.4, -0.2) is 36.3 Å². The Morgan fingerprint density at radius 1 is 0.958 bits per heavy atom. The third-order valence-electron chi connectivity index (χ3n) is 3.40. The van der Waals surface area contributed by atoms with E-state index in [0.29, 0.717) is 17.1 Å². The Morgan fingerprint density at radius 2 is 1.46 bits per heavy atom. The Balaban J connectivity index is 2.06. The predicted octanol–water partition coefficient (Wildman–Crippen LogP) is 3.52. The van der Waals surface area contributed by atoms with Crippen molar-refractivity contribution in [3.8, 4) is 11.5 Å². The minimum atomic E-state index is -1.02. The summed E-state index contributed by atoms with van der Waals surface area (Å²) in [5.41, 5.74) is 0.470. The fourth-order valence-corrected chi connectivity index (χ4v) is 3.02. The molecule has 2 rings (SSSR count). The molecule has 6 heteroatoms. The predicted molar refractivity (Wildman–Crippen MR) is 92.2 cm³/mol. The standard InChI is InChI=1S/C18H18O5S/c1-22-13-5-3-12(4-6-13)16(19)11-17(18(20)21)24-15-9-7-14(23-2)8-10-15/h3-10,17H,11H2,1-2H3,(H,20,21). The molecule has 0 aliphatic heterocycles. The maximum atomic E-state index is 12.3. The summed E-state index contributed by atoms with van der Waals surface area (Å²) in [5, 5.41) is 8.54. The van der Waals surface area contributed by atoms with Gasteiger partial charge in [0.15, 0.2) is 5.78 Å². The van der Waals surface area contributed by atoms with Crippen LogP contribution in [0, 0.1) is 0 Å². The van der Waals surface area contributed by atoms with E-state index in [0.717, 1.165) is 16.7 Å². The fourth-order valence-electron chi connectivity index (χ4n) is 2.06. The Morgan fingerprint density at radius 3 is 1.92 bits per heavy atom. The summed E-state index contributed by atoms with van der Waals surface area (Å²) in [6.45, 7) is 0. The highest BCUT2D eigenvalue weighted by atomic mass is 32.2. The number of ketones is 1. The molecule has 5 nitrogen and oxygen atoms in total. The van der Waals surface area contributed by atoms with Gasteiger partial charge in [0, 0.05) is 16.9 Å². The van der Waals surface area contributed by atoms with E-state index in [-0.39, 0.29) is 12.2 Å². The first kappa shape index (κ1) is 17.9. The van der Waals surface area contributed by atoms with Crippen molar-refractivity contribution in [3.05, 3.63) is 54.1 Å². The van der Waals surface area contributed by atoms with Gasteiger partial charge in [0.05, 0.1) is 14.2 Å². The smallest absolute Gasteiger partial charge is 0.317 e. The van der Waals surface area contributed by atoms with Crippen LogP contribution in [-0.2, 0) is 4.79 Å². The molecule has 0 saturated carbocycles. The maximum absolute atomic E-state index is 12.3. The van der Waals surface area contributed by atoms with Gasteiger partial charge in [0.1, 0.15) is 16.7 Å². The number of benzene rings is 2. The van der Waals surface area contributed by atoms with Crippen LogP contribution in [0.2, 0.25) is 0 Å². The number of aliphatic carboxylic acids is 1. The van der Waals surface area contributed by atoms with Gasteiger partial charge in [-0.1, -0.05) is 0 Å². The largest absolute Gasteiger partial charge is 0.497 e. The highest BCUT2D eigenvalue weighted by Crippen LogP contribution is 2.28. The van der Waals surface area contributed by atoms with Crippen molar-refractivity contribution in [2.75, 3.05) is 14.2 Å². The molecule has 0 aromatic heterocycles. The molecule has 0 fully saturated rings. The van der Waals surface area contributed by atoms with Gasteiger partial charge in [0.2, 0.25) is 0 Å². The number of carboxylic acid groups (broad SMARTS) is 1. The number of ether oxygens (including phenoxy) is 2. The molecule has 0 amide bonds. The first-order chi connectivity index (χ1) is 11.5. The molecule has 1 atom stereocenters. The third-order valence-corrected chi connectivity index (χ3v) is 4.59. The van der Waals surface area contributed by atoms with E-state index in [1.165, 1.54) is 0 Å². The zero-order valence-corrected chi connectivity index (χ0v) is 14.2. The van der Waals surface area contributed by atoms with Crippen molar-refractivity contribution in [2.45, 2.75) is 16.6 Å². The lowest BCUT2D eigenvalue weighted by Crippen LogP contribution is -2.20. The number of thioether (sulfide) groups is 1. The van der Waals surface area contributed by atoms with Gasteiger partial charge in [-0.05, 0) is 48.5 Å². The molecule has 2 aromatic carbocycles. The van der Waals surface area contributed by atoms with Crippen LogP contribution in [0.1, 0.15) is 16.8 Å². The van der Waals surface area contributed by atoms with Gasteiger partial charge < -0.3 is 14.6 Å². The summed E-state index contributed by atoms with van der Waals surface area (Å²) in [5.74, 6) is 0.109. The van der Waals surface area contributed by atoms with E-state index in [1.54, 1.807) is 62.8 Å². The second-order valence-electron chi connectivity index (χ2n) is 4.98. The SMILES string of the molecule is COc1ccc(SC(CC(=O)c2ccc(OC)cc2)C(=O)O)cc1. The zero-order chi connectivity index (χ0) is 17.5. The second kappa shape index (κ2) is 8.40. The van der Waals surface area contributed by atoms with Gasteiger partial charge in [-0.25, -0.2) is 0 Å². The van der Waals surface area contributed by atoms with Crippen molar-refractivity contribution in [2.24, 2.45) is 0 Å². The van der Waals surface area contributed by atoms with Crippen molar-refractivity contribution in [3.63, 3.8) is 0 Å². The van der Waals surface area contributed by atoms with Crippen LogP contribution in [0.3, 0.4) is 0 Å². The van der Waals surface area contributed by atoms with Crippen LogP contribution in [0.15, 0.2) is 53.4 Å². The highest BCUT2D eigenvalue weighted by molar-refractivity contribution is 8.00. The Hall–Kier alpha value is -2.47. The van der Waals surface area contributed by atoms with Crippen LogP contribution in [0.4, 0.5) is 0 Å². The summed E-state index contributed by atoms with van der Waals surface area (Å²) in [6, 6.07) is 13.7. The Labute approximate surface area is 144 Å². The molecule has 0 aliphatic carbocycles. The molecular formula is C18H18O5S. The van der Waals surface area contributed by atoms with Gasteiger partial charge in [-0.3, -0.25) is 9.59 Å². The topological polar surface area (TPSA) is 72.8 Å². The van der Waals surface area contributed by atoms with E-state index in [1.807, 2.05) is 0 Å². The first-order valence-electron chi connectivity index (χ1n) is 7.24. The molecule has 24 heavy (non-hydrogen) atoms. The summed E-state index contributed by atoms with van der Waals surface area (Å²) in [7, 11) is 3.11. The quantitative estimate of drug-likeness (QED) is 0.582. The number of carboxylic acids is 1. The van der Waals surface area contributed by atoms with Crippen molar-refractivity contribution < 1.29 is 24.2 Å². The van der Waals surface area contributed by atoms with E-state index in [9.17, 15) is 14.7 Å². The molecule has 0 heterocycles. The number of methoxy groups -OCH3 is 2. The molecule has 0 bridgehead atoms. The summed E-state index contributed by atoms with van der Waals surface area (Å²) in [6.07, 6.45) is -0.0850. The number of carbonyl (C=O) groups is 2. The number of rotatable bonds is 8. The normalized spacial score (nSPS) is 11.6. The van der Waals surface area contributed by atoms with Crippen molar-refractivity contribution in [1.82, 2.24) is 0 Å². The average Bonchev–Trinajstić information content (AvgIpc) is 2.61. The number of Topliss-reactive ketones (excluding diaryl/α,β-unsaturated/α-hetero) is 1. The van der Waals surface area contributed by atoms with Crippen LogP contribution in [0.5, 0.6) is 11.5 Å². The van der Waals surface area contributed by atoms with E-state index in [2.05, 4.69) is 0 Å². The molecule has 126 valence electrons. The minimum Gasteiger partial charge on any atom is -0.497 e. The maximum Gasteiger partial charge on any atom is 0.317 e. The number of carbonyl (C=O) groups excluding carboxylic acids is 1. The number of hydrogen-bond donors (Lipinski definition) is 1. The van der Waals surface area contributed by atoms with Gasteiger partial charge in [-0.2, -0.15) is 0 Å². The third kappa shape index (κ3) is 4.76. The Bertz CT molecular complexity index is 694. The first-order valence-corrected chi connectivity index (χ1v) is 8.12. The molecule has 0 saturated heterocycles. The van der Waals surface area contributed by atoms with Gasteiger partial charge in [-0.15, -0.1) is 11.8 Å². The lowest BCUT2D eigenvalue weighted by atomic mass is 10.1. The van der Waals surface area contributed by atoms with Crippen LogP contribution >= 0.6 is 11.8 Å². The van der Waals surface area contributed by atoms with E-state index < -0.39 is 11.2 Å². The van der Waals surface area contributed by atoms with Crippen molar-refractivity contribution in [1.29, 1.82) is 0 Å². The zero-order valence-electron chi connectivity index (χ0n) is 13.4. The summed E-state index contributed by atoms with van der Waals surface area (Å²) in [4.78, 5) is 24.6. The van der Waals surface area contributed by atoms with Crippen LogP contribution < -0.4 is 9.47 Å². The average molecular weight is 346 g/mol. The molecule has 0 radical (unpaired) electrons. The molecular weight excluding hydrogens is 328 g/mol. The molecule has 1 unspecified atom stereocenters. The number of hydrogen-bond acceptors (Lipinski definition) is 5. The van der Waals surface area contributed by atoms with Crippen LogP contribution in [0.25, 0.3) is 0 Å². The Kier molecular flexibility index (Phi) is 6.26. The van der Waals surface area contributed by atoms with Gasteiger partial charge in [0.25, 0.3) is 0 Å². The summed E-state index contributed by atoms with van der Waals surface area (Å²) >= 11 is 1.15. The van der Waals surface area contributed by atoms with E-state index >= 15 is 0 Å². The molecule has 2 aromatic rings. The minimum absolute atomic E-state index is 0.0850. The second-order valence-corrected chi connectivity index (χ2v) is 6.25. The lowest BCUT2D eigenvalue weighted by molar-refractivity contribution is -0.136. The lowest BCUT2D eigenvalue weighted by Gasteiger charge is -2.12.